The molecule has 0 bridgehead atoms. The van der Waals surface area contributed by atoms with Crippen molar-refractivity contribution in [1.82, 2.24) is 19.8 Å². The van der Waals surface area contributed by atoms with Crippen LogP contribution < -0.4 is 0 Å². The highest BCUT2D eigenvalue weighted by Crippen LogP contribution is 2.25. The van der Waals surface area contributed by atoms with Crippen LogP contribution >= 0.6 is 0 Å². The molecule has 4 heteroatoms. The van der Waals surface area contributed by atoms with E-state index < -0.39 is 0 Å². The number of hydrogen-bond donors (Lipinski definition) is 1. The van der Waals surface area contributed by atoms with Gasteiger partial charge in [-0.05, 0) is 39.0 Å². The molecule has 1 aromatic carbocycles. The molecule has 1 aromatic heterocycles. The average molecular weight is 298 g/mol. The van der Waals surface area contributed by atoms with E-state index in [-0.39, 0.29) is 0 Å². The van der Waals surface area contributed by atoms with E-state index in [1.165, 1.54) is 30.0 Å². The number of likely N-dealkylation sites (tertiary alicyclic amines) is 1. The summed E-state index contributed by atoms with van der Waals surface area (Å²) in [5.41, 5.74) is 2.64. The van der Waals surface area contributed by atoms with Gasteiger partial charge in [0, 0.05) is 37.4 Å². The normalized spacial score (nSPS) is 19.1. The van der Waals surface area contributed by atoms with Crippen LogP contribution in [0.4, 0.5) is 0 Å². The monoisotopic (exact) mass is 298 g/mol. The van der Waals surface area contributed by atoms with Crippen molar-refractivity contribution >= 4 is 0 Å². The minimum atomic E-state index is 0.562. The predicted octanol–water partition coefficient (Wildman–Crippen LogP) is 2.50. The Bertz CT molecular complexity index is 576. The molecule has 0 unspecified atom stereocenters. The number of aromatic nitrogens is 2. The van der Waals surface area contributed by atoms with E-state index in [2.05, 4.69) is 64.2 Å². The number of rotatable bonds is 6. The van der Waals surface area contributed by atoms with Crippen LogP contribution in [-0.2, 0) is 13.0 Å². The Morgan fingerprint density at radius 3 is 2.86 bits per heavy atom. The van der Waals surface area contributed by atoms with E-state index in [0.29, 0.717) is 5.92 Å². The lowest BCUT2D eigenvalue weighted by molar-refractivity contribution is 0.338. The van der Waals surface area contributed by atoms with Crippen molar-refractivity contribution in [3.05, 3.63) is 53.6 Å². The molecule has 1 aliphatic heterocycles. The maximum atomic E-state index is 4.60. The Morgan fingerprint density at radius 1 is 1.27 bits per heavy atom. The molecule has 3 rings (SSSR count). The summed E-state index contributed by atoms with van der Waals surface area (Å²) in [6.45, 7) is 4.38. The smallest absolute Gasteiger partial charge is 0.110 e. The predicted molar refractivity (Wildman–Crippen MR) is 89.9 cm³/mol. The van der Waals surface area contributed by atoms with Gasteiger partial charge in [0.2, 0.25) is 0 Å². The Balaban J connectivity index is 1.50. The highest BCUT2D eigenvalue weighted by molar-refractivity contribution is 5.15. The van der Waals surface area contributed by atoms with Gasteiger partial charge in [-0.1, -0.05) is 30.3 Å². The maximum Gasteiger partial charge on any atom is 0.110 e. The summed E-state index contributed by atoms with van der Waals surface area (Å²) < 4.78 is 0. The third kappa shape index (κ3) is 3.96. The van der Waals surface area contributed by atoms with Gasteiger partial charge >= 0.3 is 0 Å². The molecule has 22 heavy (non-hydrogen) atoms. The second-order valence-corrected chi connectivity index (χ2v) is 6.55. The summed E-state index contributed by atoms with van der Waals surface area (Å²) in [5.74, 6) is 1.73. The Hall–Kier alpha value is -1.65. The van der Waals surface area contributed by atoms with Crippen LogP contribution in [0.15, 0.2) is 36.5 Å². The van der Waals surface area contributed by atoms with Gasteiger partial charge in [0.25, 0.3) is 0 Å². The fourth-order valence-corrected chi connectivity index (χ4v) is 3.20. The number of nitrogens with one attached hydrogen (secondary N) is 1. The van der Waals surface area contributed by atoms with Crippen molar-refractivity contribution in [2.24, 2.45) is 0 Å². The van der Waals surface area contributed by atoms with Crippen molar-refractivity contribution < 1.29 is 0 Å². The van der Waals surface area contributed by atoms with Gasteiger partial charge in [0.1, 0.15) is 5.82 Å². The molecular weight excluding hydrogens is 272 g/mol. The molecule has 0 saturated carbocycles. The standard InChI is InChI=1S/C18H26N4/c1-21(2)14-17-12-19-18(20-17)16-9-11-22(13-16)10-8-15-6-4-3-5-7-15/h3-7,12,16H,8-11,13-14H2,1-2H3,(H,19,20)/t16-/m1/s1. The average Bonchev–Trinajstić information content (AvgIpc) is 3.14. The van der Waals surface area contributed by atoms with Crippen LogP contribution in [0.1, 0.15) is 29.4 Å². The van der Waals surface area contributed by atoms with Gasteiger partial charge in [-0.2, -0.15) is 0 Å². The molecule has 2 aromatic rings. The first kappa shape index (κ1) is 15.3. The lowest BCUT2D eigenvalue weighted by Gasteiger charge is -2.15. The van der Waals surface area contributed by atoms with E-state index >= 15 is 0 Å². The minimum Gasteiger partial charge on any atom is -0.345 e. The molecule has 118 valence electrons. The molecule has 0 aliphatic carbocycles. The summed E-state index contributed by atoms with van der Waals surface area (Å²) >= 11 is 0. The van der Waals surface area contributed by atoms with Crippen LogP contribution in [-0.4, -0.2) is 53.5 Å². The molecule has 1 atom stereocenters. The van der Waals surface area contributed by atoms with Crippen LogP contribution in [0.2, 0.25) is 0 Å². The van der Waals surface area contributed by atoms with E-state index in [1.54, 1.807) is 0 Å². The molecule has 0 spiro atoms. The molecule has 1 N–H and O–H groups in total. The molecule has 1 saturated heterocycles. The number of benzene rings is 1. The van der Waals surface area contributed by atoms with Gasteiger partial charge in [-0.25, -0.2) is 4.98 Å². The summed E-state index contributed by atoms with van der Waals surface area (Å²) in [4.78, 5) is 12.8. The highest BCUT2D eigenvalue weighted by atomic mass is 15.2. The van der Waals surface area contributed by atoms with Crippen LogP contribution in [0.25, 0.3) is 0 Å². The van der Waals surface area contributed by atoms with Gasteiger partial charge in [-0.3, -0.25) is 0 Å². The third-order valence-electron chi connectivity index (χ3n) is 4.35. The highest BCUT2D eigenvalue weighted by Gasteiger charge is 2.25. The third-order valence-corrected chi connectivity index (χ3v) is 4.35. The molecule has 0 radical (unpaired) electrons. The number of imidazole rings is 1. The summed E-state index contributed by atoms with van der Waals surface area (Å²) in [7, 11) is 4.17. The SMILES string of the molecule is CN(C)Cc1cnc([C@@H]2CCN(CCc3ccccc3)C2)[nH]1. The van der Waals surface area contributed by atoms with Crippen molar-refractivity contribution in [3.63, 3.8) is 0 Å². The van der Waals surface area contributed by atoms with E-state index in [4.69, 9.17) is 0 Å². The quantitative estimate of drug-likeness (QED) is 0.890. The number of nitrogens with zero attached hydrogens (tertiary/aromatic N) is 3. The zero-order chi connectivity index (χ0) is 15.4. The number of H-pyrrole nitrogens is 1. The maximum absolute atomic E-state index is 4.60. The Labute approximate surface area is 133 Å². The minimum absolute atomic E-state index is 0.562. The lowest BCUT2D eigenvalue weighted by atomic mass is 10.1. The number of hydrogen-bond acceptors (Lipinski definition) is 3. The fourth-order valence-electron chi connectivity index (χ4n) is 3.20. The summed E-state index contributed by atoms with van der Waals surface area (Å²) in [6.07, 6.45) is 4.34. The Morgan fingerprint density at radius 2 is 2.09 bits per heavy atom. The zero-order valence-electron chi connectivity index (χ0n) is 13.6. The second kappa shape index (κ2) is 7.07. The van der Waals surface area contributed by atoms with Gasteiger partial charge < -0.3 is 14.8 Å². The van der Waals surface area contributed by atoms with E-state index in [1.807, 2.05) is 6.20 Å². The first-order chi connectivity index (χ1) is 10.7. The molecule has 2 heterocycles. The first-order valence-electron chi connectivity index (χ1n) is 8.15. The molecule has 4 nitrogen and oxygen atoms in total. The molecule has 1 fully saturated rings. The fraction of sp³-hybridized carbons (Fsp3) is 0.500. The van der Waals surface area contributed by atoms with E-state index in [0.717, 1.165) is 26.1 Å². The van der Waals surface area contributed by atoms with Crippen LogP contribution in [0.5, 0.6) is 0 Å². The van der Waals surface area contributed by atoms with Gasteiger partial charge in [-0.15, -0.1) is 0 Å². The summed E-state index contributed by atoms with van der Waals surface area (Å²) in [6, 6.07) is 10.8. The van der Waals surface area contributed by atoms with Crippen LogP contribution in [0.3, 0.4) is 0 Å². The topological polar surface area (TPSA) is 35.2 Å². The van der Waals surface area contributed by atoms with Crippen molar-refractivity contribution in [2.45, 2.75) is 25.3 Å². The van der Waals surface area contributed by atoms with Crippen molar-refractivity contribution in [1.29, 1.82) is 0 Å². The first-order valence-corrected chi connectivity index (χ1v) is 8.15. The van der Waals surface area contributed by atoms with E-state index in [9.17, 15) is 0 Å². The summed E-state index contributed by atoms with van der Waals surface area (Å²) in [5, 5.41) is 0. The van der Waals surface area contributed by atoms with Crippen molar-refractivity contribution in [2.75, 3.05) is 33.7 Å². The van der Waals surface area contributed by atoms with Gasteiger partial charge in [0.05, 0.1) is 0 Å². The Kier molecular flexibility index (Phi) is 4.90. The molecule has 0 amide bonds. The largest absolute Gasteiger partial charge is 0.345 e. The van der Waals surface area contributed by atoms with Gasteiger partial charge in [0.15, 0.2) is 0 Å². The zero-order valence-corrected chi connectivity index (χ0v) is 13.6. The molecule has 1 aliphatic rings. The second-order valence-electron chi connectivity index (χ2n) is 6.55. The van der Waals surface area contributed by atoms with Crippen molar-refractivity contribution in [3.8, 4) is 0 Å². The lowest BCUT2D eigenvalue weighted by Crippen LogP contribution is -2.23. The number of aromatic amines is 1. The van der Waals surface area contributed by atoms with Crippen LogP contribution in [0, 0.1) is 0 Å². The molecular formula is C18H26N4.